The average Bonchev–Trinajstić information content (AvgIpc) is 2.14. The first-order valence-corrected chi connectivity index (χ1v) is 4.95. The smallest absolute Gasteiger partial charge is 0.387 e. The number of hydrogen-bond acceptors (Lipinski definition) is 2. The highest BCUT2D eigenvalue weighted by Crippen LogP contribution is 2.36. The maximum absolute atomic E-state index is 11.9. The number of nitrogens with two attached hydrogens (primary N) is 1. The quantitative estimate of drug-likeness (QED) is 0.894. The van der Waals surface area contributed by atoms with Crippen molar-refractivity contribution >= 4 is 12.4 Å². The van der Waals surface area contributed by atoms with E-state index in [-0.39, 0.29) is 18.2 Å². The van der Waals surface area contributed by atoms with Crippen LogP contribution in [0.4, 0.5) is 8.78 Å². The van der Waals surface area contributed by atoms with E-state index in [1.165, 1.54) is 0 Å². The van der Waals surface area contributed by atoms with E-state index < -0.39 is 6.61 Å². The van der Waals surface area contributed by atoms with Gasteiger partial charge in [0.25, 0.3) is 0 Å². The molecule has 0 amide bonds. The van der Waals surface area contributed by atoms with Crippen molar-refractivity contribution in [3.63, 3.8) is 0 Å². The van der Waals surface area contributed by atoms with Crippen molar-refractivity contribution in [2.45, 2.75) is 31.4 Å². The van der Waals surface area contributed by atoms with Crippen LogP contribution in [-0.4, -0.2) is 12.7 Å². The topological polar surface area (TPSA) is 35.2 Å². The summed E-state index contributed by atoms with van der Waals surface area (Å²) in [5.74, 6) is 0.693. The van der Waals surface area contributed by atoms with Gasteiger partial charge in [0.15, 0.2) is 0 Å². The zero-order valence-corrected chi connectivity index (χ0v) is 9.42. The van der Waals surface area contributed by atoms with Gasteiger partial charge in [-0.3, -0.25) is 0 Å². The van der Waals surface area contributed by atoms with E-state index in [1.807, 2.05) is 12.1 Å². The summed E-state index contributed by atoms with van der Waals surface area (Å²) >= 11 is 0. The Hall–Kier alpha value is -0.870. The monoisotopic (exact) mass is 249 g/mol. The third-order valence-corrected chi connectivity index (χ3v) is 2.75. The van der Waals surface area contributed by atoms with E-state index in [4.69, 9.17) is 5.73 Å². The third kappa shape index (κ3) is 3.06. The molecule has 1 aromatic carbocycles. The van der Waals surface area contributed by atoms with E-state index >= 15 is 0 Å². The number of benzene rings is 1. The largest absolute Gasteiger partial charge is 0.435 e. The molecule has 90 valence electrons. The minimum Gasteiger partial charge on any atom is -0.435 e. The zero-order chi connectivity index (χ0) is 10.8. The van der Waals surface area contributed by atoms with E-state index in [0.717, 1.165) is 18.4 Å². The SMILES string of the molecule is Cl.NC1CC(c2ccc(OC(F)F)cc2)C1. The molecule has 0 bridgehead atoms. The highest BCUT2D eigenvalue weighted by Gasteiger charge is 2.26. The second-order valence-electron chi connectivity index (χ2n) is 3.88. The van der Waals surface area contributed by atoms with Gasteiger partial charge >= 0.3 is 6.61 Å². The molecule has 0 aromatic heterocycles. The molecule has 1 saturated carbocycles. The van der Waals surface area contributed by atoms with Gasteiger partial charge in [0, 0.05) is 6.04 Å². The summed E-state index contributed by atoms with van der Waals surface area (Å²) in [6, 6.07) is 7.10. The van der Waals surface area contributed by atoms with Gasteiger partial charge in [-0.2, -0.15) is 8.78 Å². The molecule has 16 heavy (non-hydrogen) atoms. The van der Waals surface area contributed by atoms with E-state index in [1.54, 1.807) is 12.1 Å². The number of ether oxygens (including phenoxy) is 1. The fraction of sp³-hybridized carbons (Fsp3) is 0.455. The number of halogens is 3. The Morgan fingerprint density at radius 3 is 2.19 bits per heavy atom. The molecule has 2 rings (SSSR count). The van der Waals surface area contributed by atoms with Crippen LogP contribution in [0.15, 0.2) is 24.3 Å². The van der Waals surface area contributed by atoms with Gasteiger partial charge in [0.2, 0.25) is 0 Å². The normalized spacial score (nSPS) is 23.5. The molecule has 0 radical (unpaired) electrons. The van der Waals surface area contributed by atoms with Crippen molar-refractivity contribution < 1.29 is 13.5 Å². The molecule has 0 spiro atoms. The molecule has 0 unspecified atom stereocenters. The van der Waals surface area contributed by atoms with Crippen molar-refractivity contribution in [3.8, 4) is 5.75 Å². The molecule has 1 aliphatic rings. The molecule has 0 saturated heterocycles. The summed E-state index contributed by atoms with van der Waals surface area (Å²) in [7, 11) is 0. The van der Waals surface area contributed by atoms with Gasteiger partial charge in [-0.15, -0.1) is 12.4 Å². The maximum Gasteiger partial charge on any atom is 0.387 e. The van der Waals surface area contributed by atoms with Crippen LogP contribution in [0.3, 0.4) is 0 Å². The van der Waals surface area contributed by atoms with Crippen LogP contribution in [-0.2, 0) is 0 Å². The van der Waals surface area contributed by atoms with Gasteiger partial charge in [-0.1, -0.05) is 12.1 Å². The number of rotatable bonds is 3. The molecular weight excluding hydrogens is 236 g/mol. The minimum atomic E-state index is -2.76. The zero-order valence-electron chi connectivity index (χ0n) is 8.61. The lowest BCUT2D eigenvalue weighted by Gasteiger charge is -2.32. The van der Waals surface area contributed by atoms with Gasteiger partial charge in [-0.05, 0) is 36.5 Å². The molecule has 2 nitrogen and oxygen atoms in total. The van der Waals surface area contributed by atoms with Crippen LogP contribution < -0.4 is 10.5 Å². The summed E-state index contributed by atoms with van der Waals surface area (Å²) in [6.07, 6.45) is 1.96. The first kappa shape index (κ1) is 13.2. The molecule has 2 N–H and O–H groups in total. The number of hydrogen-bond donors (Lipinski definition) is 1. The number of alkyl halides is 2. The fourth-order valence-electron chi connectivity index (χ4n) is 1.86. The Kier molecular flexibility index (Phi) is 4.50. The van der Waals surface area contributed by atoms with Gasteiger partial charge in [0.1, 0.15) is 5.75 Å². The standard InChI is InChI=1S/C11H13F2NO.ClH/c12-11(13)15-10-3-1-7(2-4-10)8-5-9(14)6-8;/h1-4,8-9,11H,5-6,14H2;1H. The van der Waals surface area contributed by atoms with Gasteiger partial charge in [0.05, 0.1) is 0 Å². The minimum absolute atomic E-state index is 0. The molecule has 1 aromatic rings. The van der Waals surface area contributed by atoms with Crippen LogP contribution in [0.2, 0.25) is 0 Å². The summed E-state index contributed by atoms with van der Waals surface area (Å²) in [5.41, 5.74) is 6.83. The Bertz CT molecular complexity index is 325. The van der Waals surface area contributed by atoms with E-state index in [0.29, 0.717) is 12.0 Å². The molecule has 1 fully saturated rings. The van der Waals surface area contributed by atoms with Crippen LogP contribution in [0.25, 0.3) is 0 Å². The lowest BCUT2D eigenvalue weighted by molar-refractivity contribution is -0.0498. The predicted molar refractivity (Wildman–Crippen MR) is 60.3 cm³/mol. The van der Waals surface area contributed by atoms with Crippen molar-refractivity contribution in [2.24, 2.45) is 5.73 Å². The molecule has 0 heterocycles. The second kappa shape index (κ2) is 5.46. The maximum atomic E-state index is 11.9. The average molecular weight is 250 g/mol. The fourth-order valence-corrected chi connectivity index (χ4v) is 1.86. The molecule has 5 heteroatoms. The predicted octanol–water partition coefficient (Wildman–Crippen LogP) is 2.91. The lowest BCUT2D eigenvalue weighted by atomic mass is 9.76. The highest BCUT2D eigenvalue weighted by molar-refractivity contribution is 5.85. The molecule has 0 aliphatic heterocycles. The molecule has 1 aliphatic carbocycles. The van der Waals surface area contributed by atoms with Crippen molar-refractivity contribution in [1.29, 1.82) is 0 Å². The van der Waals surface area contributed by atoms with Crippen molar-refractivity contribution in [2.75, 3.05) is 0 Å². The van der Waals surface area contributed by atoms with E-state index in [9.17, 15) is 8.78 Å². The Morgan fingerprint density at radius 1 is 1.19 bits per heavy atom. The van der Waals surface area contributed by atoms with Crippen LogP contribution >= 0.6 is 12.4 Å². The summed E-state index contributed by atoms with van der Waals surface area (Å²) in [4.78, 5) is 0. The Morgan fingerprint density at radius 2 is 1.75 bits per heavy atom. The van der Waals surface area contributed by atoms with Crippen LogP contribution in [0, 0.1) is 0 Å². The molecule has 0 atom stereocenters. The second-order valence-corrected chi connectivity index (χ2v) is 3.88. The van der Waals surface area contributed by atoms with Gasteiger partial charge in [-0.25, -0.2) is 0 Å². The van der Waals surface area contributed by atoms with Crippen molar-refractivity contribution in [3.05, 3.63) is 29.8 Å². The van der Waals surface area contributed by atoms with Crippen LogP contribution in [0.5, 0.6) is 5.75 Å². The van der Waals surface area contributed by atoms with Crippen molar-refractivity contribution in [1.82, 2.24) is 0 Å². The first-order chi connectivity index (χ1) is 7.15. The third-order valence-electron chi connectivity index (χ3n) is 2.75. The van der Waals surface area contributed by atoms with Crippen LogP contribution in [0.1, 0.15) is 24.3 Å². The first-order valence-electron chi connectivity index (χ1n) is 4.95. The summed E-state index contributed by atoms with van der Waals surface area (Å²) in [5, 5.41) is 0. The Balaban J connectivity index is 0.00000128. The summed E-state index contributed by atoms with van der Waals surface area (Å²) < 4.78 is 28.0. The van der Waals surface area contributed by atoms with E-state index in [2.05, 4.69) is 4.74 Å². The Labute approximate surface area is 99.2 Å². The highest BCUT2D eigenvalue weighted by atomic mass is 35.5. The summed E-state index contributed by atoms with van der Waals surface area (Å²) in [6.45, 7) is -2.76. The van der Waals surface area contributed by atoms with Gasteiger partial charge < -0.3 is 10.5 Å². The lowest BCUT2D eigenvalue weighted by Crippen LogP contribution is -2.34. The molecular formula is C11H14ClF2NO.